The minimum atomic E-state index is -3.44. The van der Waals surface area contributed by atoms with E-state index >= 15 is 0 Å². The van der Waals surface area contributed by atoms with Gasteiger partial charge in [0.15, 0.2) is 11.5 Å². The zero-order valence-corrected chi connectivity index (χ0v) is 14.1. The van der Waals surface area contributed by atoms with Crippen LogP contribution in [-0.4, -0.2) is 21.8 Å². The van der Waals surface area contributed by atoms with E-state index < -0.39 is 10.0 Å². The normalized spacial score (nSPS) is 13.6. The summed E-state index contributed by atoms with van der Waals surface area (Å²) in [5.74, 6) is 1.43. The maximum Gasteiger partial charge on any atom is 0.250 e. The zero-order chi connectivity index (χ0) is 14.9. The Morgan fingerprint density at radius 3 is 2.76 bits per heavy atom. The number of halogens is 1. The van der Waals surface area contributed by atoms with E-state index in [1.165, 1.54) is 11.3 Å². The standard InChI is InChI=1S/C13H12BrNO4S2/c14-12-3-4-13(20-12)21(16,17)15-6-5-9-1-2-10-11(7-9)19-8-18-10/h1-4,7,15H,5-6,8H2. The molecule has 0 unspecified atom stereocenters. The molecule has 2 aromatic rings. The lowest BCUT2D eigenvalue weighted by Gasteiger charge is -2.05. The van der Waals surface area contributed by atoms with Crippen LogP contribution >= 0.6 is 27.3 Å². The van der Waals surface area contributed by atoms with Crippen molar-refractivity contribution in [1.82, 2.24) is 4.72 Å². The van der Waals surface area contributed by atoms with Gasteiger partial charge < -0.3 is 9.47 Å². The highest BCUT2D eigenvalue weighted by molar-refractivity contribution is 9.11. The van der Waals surface area contributed by atoms with Crippen molar-refractivity contribution in [3.8, 4) is 11.5 Å². The molecule has 0 fully saturated rings. The van der Waals surface area contributed by atoms with E-state index in [4.69, 9.17) is 9.47 Å². The Kier molecular flexibility index (Phi) is 4.21. The SMILES string of the molecule is O=S(=O)(NCCc1ccc2c(c1)OCO2)c1ccc(Br)s1. The molecule has 0 atom stereocenters. The van der Waals surface area contributed by atoms with E-state index in [0.717, 1.165) is 15.1 Å². The number of nitrogens with one attached hydrogen (secondary N) is 1. The molecule has 0 aliphatic carbocycles. The van der Waals surface area contributed by atoms with Crippen LogP contribution in [0.5, 0.6) is 11.5 Å². The topological polar surface area (TPSA) is 64.6 Å². The fourth-order valence-corrected chi connectivity index (χ4v) is 5.03. The van der Waals surface area contributed by atoms with Gasteiger partial charge in [-0.15, -0.1) is 11.3 Å². The summed E-state index contributed by atoms with van der Waals surface area (Å²) in [5.41, 5.74) is 0.995. The predicted octanol–water partition coefficient (Wildman–Crippen LogP) is 2.76. The van der Waals surface area contributed by atoms with Crippen molar-refractivity contribution < 1.29 is 17.9 Å². The van der Waals surface area contributed by atoms with E-state index in [0.29, 0.717) is 22.9 Å². The van der Waals surface area contributed by atoms with E-state index in [1.54, 1.807) is 12.1 Å². The van der Waals surface area contributed by atoms with Crippen molar-refractivity contribution >= 4 is 37.3 Å². The van der Waals surface area contributed by atoms with Gasteiger partial charge in [0.25, 0.3) is 0 Å². The van der Waals surface area contributed by atoms with E-state index in [-0.39, 0.29) is 6.79 Å². The first-order valence-electron chi connectivity index (χ1n) is 6.18. The van der Waals surface area contributed by atoms with Crippen LogP contribution < -0.4 is 14.2 Å². The van der Waals surface area contributed by atoms with Crippen LogP contribution in [0, 0.1) is 0 Å². The summed E-state index contributed by atoms with van der Waals surface area (Å²) >= 11 is 4.45. The molecule has 1 aromatic carbocycles. The molecule has 21 heavy (non-hydrogen) atoms. The molecule has 2 heterocycles. The van der Waals surface area contributed by atoms with Crippen molar-refractivity contribution in [3.63, 3.8) is 0 Å². The average Bonchev–Trinajstić information content (AvgIpc) is 3.06. The van der Waals surface area contributed by atoms with Crippen LogP contribution in [0.15, 0.2) is 38.3 Å². The molecule has 0 radical (unpaired) electrons. The Bertz CT molecular complexity index is 757. The quantitative estimate of drug-likeness (QED) is 0.853. The highest BCUT2D eigenvalue weighted by Crippen LogP contribution is 2.32. The number of rotatable bonds is 5. The summed E-state index contributed by atoms with van der Waals surface area (Å²) in [5, 5.41) is 0. The monoisotopic (exact) mass is 389 g/mol. The smallest absolute Gasteiger partial charge is 0.250 e. The van der Waals surface area contributed by atoms with Crippen LogP contribution in [0.3, 0.4) is 0 Å². The van der Waals surface area contributed by atoms with Gasteiger partial charge in [-0.2, -0.15) is 0 Å². The molecule has 0 spiro atoms. The fourth-order valence-electron chi connectivity index (χ4n) is 1.94. The maximum absolute atomic E-state index is 12.1. The van der Waals surface area contributed by atoms with E-state index in [1.807, 2.05) is 18.2 Å². The summed E-state index contributed by atoms with van der Waals surface area (Å²) in [7, 11) is -3.44. The predicted molar refractivity (Wildman–Crippen MR) is 83.5 cm³/mol. The summed E-state index contributed by atoms with van der Waals surface area (Å²) in [4.78, 5) is 0. The van der Waals surface area contributed by atoms with E-state index in [9.17, 15) is 8.42 Å². The first kappa shape index (κ1) is 14.8. The molecule has 0 saturated heterocycles. The number of benzene rings is 1. The second-order valence-corrected chi connectivity index (χ2v) is 8.85. The van der Waals surface area contributed by atoms with E-state index in [2.05, 4.69) is 20.7 Å². The zero-order valence-electron chi connectivity index (χ0n) is 10.8. The number of thiophene rings is 1. The largest absolute Gasteiger partial charge is 0.454 e. The van der Waals surface area contributed by atoms with Gasteiger partial charge >= 0.3 is 0 Å². The third-order valence-electron chi connectivity index (χ3n) is 2.96. The molecular weight excluding hydrogens is 378 g/mol. The molecule has 1 aliphatic rings. The molecule has 1 aliphatic heterocycles. The second-order valence-electron chi connectivity index (χ2n) is 4.39. The Morgan fingerprint density at radius 2 is 2.00 bits per heavy atom. The molecule has 8 heteroatoms. The minimum Gasteiger partial charge on any atom is -0.454 e. The molecule has 0 saturated carbocycles. The molecule has 0 bridgehead atoms. The van der Waals surface area contributed by atoms with Gasteiger partial charge in [0.1, 0.15) is 4.21 Å². The van der Waals surface area contributed by atoms with Crippen molar-refractivity contribution in [2.45, 2.75) is 10.6 Å². The average molecular weight is 390 g/mol. The highest BCUT2D eigenvalue weighted by Gasteiger charge is 2.16. The molecule has 1 N–H and O–H groups in total. The Hall–Kier alpha value is -1.09. The molecule has 112 valence electrons. The van der Waals surface area contributed by atoms with Crippen LogP contribution in [0.4, 0.5) is 0 Å². The van der Waals surface area contributed by atoms with Gasteiger partial charge in [-0.25, -0.2) is 13.1 Å². The van der Waals surface area contributed by atoms with Gasteiger partial charge in [0.05, 0.1) is 3.79 Å². The van der Waals surface area contributed by atoms with Crippen LogP contribution in [0.2, 0.25) is 0 Å². The maximum atomic E-state index is 12.1. The summed E-state index contributed by atoms with van der Waals surface area (Å²) in [6, 6.07) is 8.92. The molecule has 3 rings (SSSR count). The first-order chi connectivity index (χ1) is 10.0. The lowest BCUT2D eigenvalue weighted by Crippen LogP contribution is -2.25. The fraction of sp³-hybridized carbons (Fsp3) is 0.231. The molecule has 5 nitrogen and oxygen atoms in total. The molecular formula is C13H12BrNO4S2. The lowest BCUT2D eigenvalue weighted by atomic mass is 10.1. The van der Waals surface area contributed by atoms with Crippen molar-refractivity contribution in [2.24, 2.45) is 0 Å². The van der Waals surface area contributed by atoms with Gasteiger partial charge in [-0.1, -0.05) is 6.07 Å². The summed E-state index contributed by atoms with van der Waals surface area (Å²) in [6.45, 7) is 0.566. The van der Waals surface area contributed by atoms with Gasteiger partial charge in [0.2, 0.25) is 16.8 Å². The van der Waals surface area contributed by atoms with Gasteiger partial charge in [-0.05, 0) is 52.2 Å². The second kappa shape index (κ2) is 5.96. The van der Waals surface area contributed by atoms with Crippen LogP contribution in [0.1, 0.15) is 5.56 Å². The van der Waals surface area contributed by atoms with Crippen LogP contribution in [0.25, 0.3) is 0 Å². The first-order valence-corrected chi connectivity index (χ1v) is 9.27. The van der Waals surface area contributed by atoms with Crippen molar-refractivity contribution in [3.05, 3.63) is 39.7 Å². The van der Waals surface area contributed by atoms with Crippen molar-refractivity contribution in [1.29, 1.82) is 0 Å². The Labute approximate surface area is 135 Å². The lowest BCUT2D eigenvalue weighted by molar-refractivity contribution is 0.174. The number of hydrogen-bond donors (Lipinski definition) is 1. The van der Waals surface area contributed by atoms with Gasteiger partial charge in [0, 0.05) is 6.54 Å². The third kappa shape index (κ3) is 3.39. The molecule has 0 amide bonds. The summed E-state index contributed by atoms with van der Waals surface area (Å²) in [6.07, 6.45) is 0.586. The number of hydrogen-bond acceptors (Lipinski definition) is 5. The van der Waals surface area contributed by atoms with Crippen LogP contribution in [-0.2, 0) is 16.4 Å². The third-order valence-corrected chi connectivity index (χ3v) is 6.53. The number of fused-ring (bicyclic) bond motifs is 1. The minimum absolute atomic E-state index is 0.235. The summed E-state index contributed by atoms with van der Waals surface area (Å²) < 4.78 is 38.3. The number of ether oxygens (including phenoxy) is 2. The Balaban J connectivity index is 1.61. The number of sulfonamides is 1. The molecule has 1 aromatic heterocycles. The highest BCUT2D eigenvalue weighted by atomic mass is 79.9. The van der Waals surface area contributed by atoms with Gasteiger partial charge in [-0.3, -0.25) is 0 Å². The Morgan fingerprint density at radius 1 is 1.19 bits per heavy atom. The van der Waals surface area contributed by atoms with Crippen molar-refractivity contribution in [2.75, 3.05) is 13.3 Å².